The highest BCUT2D eigenvalue weighted by Gasteiger charge is 2.40. The van der Waals surface area contributed by atoms with Crippen molar-refractivity contribution in [2.45, 2.75) is 31.2 Å². The molecule has 162 valence electrons. The van der Waals surface area contributed by atoms with E-state index in [0.29, 0.717) is 23.7 Å². The van der Waals surface area contributed by atoms with Crippen LogP contribution in [0, 0.1) is 0 Å². The summed E-state index contributed by atoms with van der Waals surface area (Å²) in [5, 5.41) is 13.7. The van der Waals surface area contributed by atoms with Gasteiger partial charge in [0.1, 0.15) is 17.5 Å². The number of rotatable bonds is 5. The Bertz CT molecular complexity index is 905. The topological polar surface area (TPSA) is 61.8 Å². The lowest BCUT2D eigenvalue weighted by molar-refractivity contribution is -0.137. The molecule has 2 atom stereocenters. The summed E-state index contributed by atoms with van der Waals surface area (Å²) in [5.74, 6) is 0.0559. The number of carbonyl (C=O) groups is 1. The number of anilines is 1. The third-order valence-electron chi connectivity index (χ3n) is 4.97. The number of halogens is 4. The quantitative estimate of drug-likeness (QED) is 0.728. The van der Waals surface area contributed by atoms with Crippen LogP contribution in [0.4, 0.5) is 18.9 Å². The lowest BCUT2D eigenvalue weighted by Gasteiger charge is -2.42. The lowest BCUT2D eigenvalue weighted by atomic mass is 9.90. The van der Waals surface area contributed by atoms with Crippen LogP contribution in [-0.2, 0) is 11.0 Å². The van der Waals surface area contributed by atoms with Gasteiger partial charge in [0.2, 0.25) is 5.91 Å². The molecule has 1 saturated heterocycles. The van der Waals surface area contributed by atoms with E-state index < -0.39 is 29.4 Å². The van der Waals surface area contributed by atoms with Crippen molar-refractivity contribution in [3.05, 3.63) is 59.1 Å². The van der Waals surface area contributed by atoms with Gasteiger partial charge in [-0.05, 0) is 49.7 Å². The molecule has 9 heteroatoms. The van der Waals surface area contributed by atoms with Gasteiger partial charge in [0, 0.05) is 23.8 Å². The van der Waals surface area contributed by atoms with E-state index in [1.54, 1.807) is 36.1 Å². The van der Waals surface area contributed by atoms with Crippen molar-refractivity contribution in [3.8, 4) is 5.75 Å². The Morgan fingerprint density at radius 3 is 2.73 bits per heavy atom. The van der Waals surface area contributed by atoms with Crippen molar-refractivity contribution in [1.82, 2.24) is 4.90 Å². The van der Waals surface area contributed by atoms with Crippen LogP contribution in [0.15, 0.2) is 48.5 Å². The maximum absolute atomic E-state index is 12.8. The van der Waals surface area contributed by atoms with E-state index in [1.807, 2.05) is 0 Å². The molecule has 0 unspecified atom stereocenters. The van der Waals surface area contributed by atoms with Crippen LogP contribution < -0.4 is 10.1 Å². The van der Waals surface area contributed by atoms with Crippen LogP contribution in [0.5, 0.6) is 5.75 Å². The minimum atomic E-state index is -4.48. The molecule has 1 aliphatic rings. The van der Waals surface area contributed by atoms with Gasteiger partial charge in [-0.2, -0.15) is 13.2 Å². The van der Waals surface area contributed by atoms with Crippen LogP contribution >= 0.6 is 11.6 Å². The minimum Gasteiger partial charge on any atom is -0.486 e. The molecule has 0 aromatic heterocycles. The molecule has 5 nitrogen and oxygen atoms in total. The fraction of sp³-hybridized carbons (Fsp3) is 0.381. The normalized spacial score (nSPS) is 22.5. The van der Waals surface area contributed by atoms with Crippen molar-refractivity contribution >= 4 is 23.2 Å². The van der Waals surface area contributed by atoms with Crippen LogP contribution in [0.2, 0.25) is 5.02 Å². The van der Waals surface area contributed by atoms with Crippen LogP contribution in [0.1, 0.15) is 18.9 Å². The molecule has 0 bridgehead atoms. The monoisotopic (exact) mass is 442 g/mol. The molecule has 0 radical (unpaired) electrons. The van der Waals surface area contributed by atoms with Gasteiger partial charge in [-0.15, -0.1) is 0 Å². The molecule has 1 fully saturated rings. The van der Waals surface area contributed by atoms with Gasteiger partial charge >= 0.3 is 6.18 Å². The fourth-order valence-corrected chi connectivity index (χ4v) is 3.44. The molecule has 1 aliphatic heterocycles. The Morgan fingerprint density at radius 1 is 1.30 bits per heavy atom. The number of likely N-dealkylation sites (tertiary alicyclic amines) is 1. The number of carbonyl (C=O) groups excluding carboxylic acids is 1. The Labute approximate surface area is 177 Å². The summed E-state index contributed by atoms with van der Waals surface area (Å²) in [7, 11) is 0. The Hall–Kier alpha value is -2.29. The summed E-state index contributed by atoms with van der Waals surface area (Å²) in [6, 6.07) is 11.3. The number of benzene rings is 2. The van der Waals surface area contributed by atoms with E-state index in [4.69, 9.17) is 16.3 Å². The molecule has 1 amide bonds. The van der Waals surface area contributed by atoms with Gasteiger partial charge in [-0.3, -0.25) is 9.69 Å². The fourth-order valence-electron chi connectivity index (χ4n) is 3.26. The Morgan fingerprint density at radius 2 is 2.03 bits per heavy atom. The van der Waals surface area contributed by atoms with Gasteiger partial charge in [0.25, 0.3) is 0 Å². The molecular weight excluding hydrogens is 421 g/mol. The molecule has 0 spiro atoms. The number of nitrogens with zero attached hydrogens (tertiary/aromatic N) is 1. The minimum absolute atomic E-state index is 0.0399. The molecule has 0 saturated carbocycles. The number of hydrogen-bond donors (Lipinski definition) is 2. The maximum Gasteiger partial charge on any atom is 0.416 e. The van der Waals surface area contributed by atoms with E-state index in [1.165, 1.54) is 12.1 Å². The Kier molecular flexibility index (Phi) is 6.59. The summed E-state index contributed by atoms with van der Waals surface area (Å²) < 4.78 is 44.4. The summed E-state index contributed by atoms with van der Waals surface area (Å²) in [4.78, 5) is 14.1. The second-order valence-electron chi connectivity index (χ2n) is 7.53. The van der Waals surface area contributed by atoms with Crippen molar-refractivity contribution in [2.75, 3.05) is 25.0 Å². The van der Waals surface area contributed by atoms with Crippen molar-refractivity contribution < 1.29 is 27.8 Å². The average molecular weight is 443 g/mol. The first-order valence-electron chi connectivity index (χ1n) is 9.37. The van der Waals surface area contributed by atoms with Gasteiger partial charge in [-0.1, -0.05) is 23.7 Å². The smallest absolute Gasteiger partial charge is 0.416 e. The number of nitrogens with one attached hydrogen (secondary N) is 1. The largest absolute Gasteiger partial charge is 0.486 e. The highest BCUT2D eigenvalue weighted by Crippen LogP contribution is 2.31. The molecule has 2 aromatic rings. The van der Waals surface area contributed by atoms with Crippen LogP contribution in [0.25, 0.3) is 0 Å². The summed E-state index contributed by atoms with van der Waals surface area (Å²) in [6.45, 7) is 2.35. The number of aliphatic hydroxyl groups is 1. The highest BCUT2D eigenvalue weighted by atomic mass is 35.5. The number of ether oxygens (including phenoxy) is 1. The molecule has 30 heavy (non-hydrogen) atoms. The first kappa shape index (κ1) is 22.4. The Balaban J connectivity index is 1.62. The second kappa shape index (κ2) is 8.83. The molecule has 0 aliphatic carbocycles. The van der Waals surface area contributed by atoms with Gasteiger partial charge in [-0.25, -0.2) is 0 Å². The van der Waals surface area contributed by atoms with E-state index in [9.17, 15) is 23.1 Å². The molecule has 2 aromatic carbocycles. The number of amides is 1. The van der Waals surface area contributed by atoms with E-state index in [2.05, 4.69) is 5.32 Å². The average Bonchev–Trinajstić information content (AvgIpc) is 2.64. The van der Waals surface area contributed by atoms with Gasteiger partial charge in [0.15, 0.2) is 0 Å². The summed E-state index contributed by atoms with van der Waals surface area (Å²) in [6.07, 6.45) is -4.72. The second-order valence-corrected chi connectivity index (χ2v) is 7.97. The summed E-state index contributed by atoms with van der Waals surface area (Å²) in [5.41, 5.74) is -1.86. The number of hydrogen-bond acceptors (Lipinski definition) is 4. The highest BCUT2D eigenvalue weighted by molar-refractivity contribution is 6.30. The first-order valence-corrected chi connectivity index (χ1v) is 9.75. The van der Waals surface area contributed by atoms with Crippen LogP contribution in [0.3, 0.4) is 0 Å². The molecular formula is C21H22ClF3N2O3. The zero-order valence-electron chi connectivity index (χ0n) is 16.2. The third-order valence-corrected chi connectivity index (χ3v) is 5.20. The molecule has 3 rings (SSSR count). The predicted octanol–water partition coefficient (Wildman–Crippen LogP) is 4.20. The van der Waals surface area contributed by atoms with Crippen LogP contribution in [-0.4, -0.2) is 47.3 Å². The van der Waals surface area contributed by atoms with E-state index in [0.717, 1.165) is 12.1 Å². The lowest BCUT2D eigenvalue weighted by Crippen LogP contribution is -2.57. The first-order chi connectivity index (χ1) is 14.0. The van der Waals surface area contributed by atoms with E-state index >= 15 is 0 Å². The van der Waals surface area contributed by atoms with Gasteiger partial charge < -0.3 is 15.2 Å². The molecule has 1 heterocycles. The van der Waals surface area contributed by atoms with Gasteiger partial charge in [0.05, 0.1) is 12.1 Å². The third kappa shape index (κ3) is 5.87. The van der Waals surface area contributed by atoms with E-state index in [-0.39, 0.29) is 18.8 Å². The standard InChI is InChI=1S/C21H22ClF3N2O3/c1-20(29)8-9-27(12-18(20)30-17-7-3-5-15(22)11-17)13-19(28)26-16-6-2-4-14(10-16)21(23,24)25/h2-7,10-11,18,29H,8-9,12-13H2,1H3,(H,26,28)/t18-,20-/m0/s1. The SMILES string of the molecule is C[C@]1(O)CCN(CC(=O)Nc2cccc(C(F)(F)F)c2)C[C@@H]1Oc1cccc(Cl)c1. The molecule has 2 N–H and O–H groups in total. The predicted molar refractivity (Wildman–Crippen MR) is 108 cm³/mol. The van der Waals surface area contributed by atoms with Crippen molar-refractivity contribution in [3.63, 3.8) is 0 Å². The summed E-state index contributed by atoms with van der Waals surface area (Å²) >= 11 is 5.97. The zero-order valence-corrected chi connectivity index (χ0v) is 17.0. The zero-order chi connectivity index (χ0) is 21.9. The number of alkyl halides is 3. The maximum atomic E-state index is 12.8. The van der Waals surface area contributed by atoms with Crippen molar-refractivity contribution in [2.24, 2.45) is 0 Å². The van der Waals surface area contributed by atoms with Crippen molar-refractivity contribution in [1.29, 1.82) is 0 Å². The number of piperidine rings is 1.